The van der Waals surface area contributed by atoms with E-state index in [-0.39, 0.29) is 0 Å². The molecule has 0 amide bonds. The van der Waals surface area contributed by atoms with Gasteiger partial charge in [-0.2, -0.15) is 0 Å². The highest BCUT2D eigenvalue weighted by molar-refractivity contribution is 7.94. The van der Waals surface area contributed by atoms with Crippen LogP contribution in [0.1, 0.15) is 41.5 Å². The summed E-state index contributed by atoms with van der Waals surface area (Å²) in [4.78, 5) is 11.4. The average molecular weight is 546 g/mol. The lowest BCUT2D eigenvalue weighted by Crippen LogP contribution is -2.51. The number of fused-ring (bicyclic) bond motifs is 1. The number of aromatic nitrogens is 3. The van der Waals surface area contributed by atoms with Crippen LogP contribution >= 0.6 is 12.0 Å². The molecule has 5 aromatic rings. The molecule has 0 aliphatic heterocycles. The molecular formula is C30H35N3O3SSi. The van der Waals surface area contributed by atoms with Crippen LogP contribution in [0.25, 0.3) is 33.3 Å². The summed E-state index contributed by atoms with van der Waals surface area (Å²) in [7, 11) is -1.82. The molecule has 0 atom stereocenters. The summed E-state index contributed by atoms with van der Waals surface area (Å²) in [6.45, 7) is 14.3. The molecule has 0 unspecified atom stereocenters. The van der Waals surface area contributed by atoms with Crippen molar-refractivity contribution in [2.75, 3.05) is 0 Å². The second-order valence-electron chi connectivity index (χ2n) is 10.7. The van der Waals surface area contributed by atoms with Gasteiger partial charge in [-0.25, -0.2) is 9.97 Å². The molecule has 0 aliphatic carbocycles. The van der Waals surface area contributed by atoms with Gasteiger partial charge in [-0.15, -0.1) is 4.73 Å². The lowest BCUT2D eigenvalue weighted by atomic mass is 10.1. The zero-order valence-corrected chi connectivity index (χ0v) is 24.6. The van der Waals surface area contributed by atoms with Crippen LogP contribution in [0.5, 0.6) is 0 Å². The second-order valence-corrected chi connectivity index (χ2v) is 17.2. The minimum Gasteiger partial charge on any atom is -0.472 e. The summed E-state index contributed by atoms with van der Waals surface area (Å²) in [5.74, 6) is 0. The molecule has 0 saturated heterocycles. The third-order valence-corrected chi connectivity index (χ3v) is 15.0. The van der Waals surface area contributed by atoms with Crippen LogP contribution in [0.4, 0.5) is 0 Å². The number of furan rings is 1. The van der Waals surface area contributed by atoms with Gasteiger partial charge in [-0.05, 0) is 53.2 Å². The van der Waals surface area contributed by atoms with E-state index in [0.29, 0.717) is 22.3 Å². The minimum absolute atomic E-state index is 0.621. The number of nitrogens with zero attached hydrogens (tertiary/aromatic N) is 3. The molecule has 4 heterocycles. The minimum atomic E-state index is -1.82. The van der Waals surface area contributed by atoms with Crippen LogP contribution in [0.15, 0.2) is 95.2 Å². The molecule has 0 saturated carbocycles. The molecule has 8 heteroatoms. The summed E-state index contributed by atoms with van der Waals surface area (Å²) >= 11 is 1.15. The molecule has 38 heavy (non-hydrogen) atoms. The topological polar surface area (TPSA) is 54.4 Å². The maximum atomic E-state index is 5.66. The van der Waals surface area contributed by atoms with Gasteiger partial charge < -0.3 is 8.65 Å². The fourth-order valence-electron chi connectivity index (χ4n) is 6.21. The SMILES string of the molecule is CC(C)[Si](C(C)C)(C(C)C)n1ccc(-c2cnc3c(c2)c(-c2ccoc2)cn3OOSc2ccccc2)c1. The van der Waals surface area contributed by atoms with Gasteiger partial charge in [-0.1, -0.05) is 64.1 Å². The number of benzene rings is 1. The summed E-state index contributed by atoms with van der Waals surface area (Å²) < 4.78 is 15.0. The molecule has 6 nitrogen and oxygen atoms in total. The lowest BCUT2D eigenvalue weighted by molar-refractivity contribution is -0.188. The number of hydrogen-bond donors (Lipinski definition) is 0. The highest BCUT2D eigenvalue weighted by Gasteiger charge is 2.45. The smallest absolute Gasteiger partial charge is 0.179 e. The predicted molar refractivity (Wildman–Crippen MR) is 157 cm³/mol. The highest BCUT2D eigenvalue weighted by atomic mass is 32.2. The standard InChI is InChI=1S/C30H35N3O3SSi/c1-21(2)38(22(3)4,23(5)6)32-14-12-24(18-32)26-16-28-29(25-13-15-34-20-25)19-33(30(28)31-17-26)35-36-37-27-10-8-7-9-11-27/h7-23H,1-6H3. The van der Waals surface area contributed by atoms with Gasteiger partial charge in [0.05, 0.1) is 30.8 Å². The molecule has 0 bridgehead atoms. The Hall–Kier alpha value is -3.20. The molecule has 4 aromatic heterocycles. The average Bonchev–Trinajstić information content (AvgIpc) is 3.65. The van der Waals surface area contributed by atoms with Crippen molar-refractivity contribution >= 4 is 31.3 Å². The van der Waals surface area contributed by atoms with Gasteiger partial charge >= 0.3 is 0 Å². The zero-order chi connectivity index (χ0) is 26.9. The van der Waals surface area contributed by atoms with Gasteiger partial charge in [-0.3, -0.25) is 0 Å². The van der Waals surface area contributed by atoms with Crippen LogP contribution in [-0.2, 0) is 4.33 Å². The zero-order valence-electron chi connectivity index (χ0n) is 22.8. The largest absolute Gasteiger partial charge is 0.472 e. The van der Waals surface area contributed by atoms with Gasteiger partial charge in [0.25, 0.3) is 0 Å². The van der Waals surface area contributed by atoms with Crippen molar-refractivity contribution in [1.82, 2.24) is 13.9 Å². The maximum Gasteiger partial charge on any atom is 0.179 e. The van der Waals surface area contributed by atoms with Crippen LogP contribution in [0, 0.1) is 0 Å². The second kappa shape index (κ2) is 10.9. The molecule has 1 aromatic carbocycles. The van der Waals surface area contributed by atoms with Gasteiger partial charge in [0.2, 0.25) is 0 Å². The summed E-state index contributed by atoms with van der Waals surface area (Å²) in [6.07, 6.45) is 11.8. The summed E-state index contributed by atoms with van der Waals surface area (Å²) in [5.41, 5.74) is 6.69. The lowest BCUT2D eigenvalue weighted by Gasteiger charge is -2.44. The van der Waals surface area contributed by atoms with Crippen molar-refractivity contribution in [1.29, 1.82) is 0 Å². The third kappa shape index (κ3) is 4.72. The Kier molecular flexibility index (Phi) is 7.56. The molecule has 0 radical (unpaired) electrons. The van der Waals surface area contributed by atoms with E-state index >= 15 is 0 Å². The fourth-order valence-corrected chi connectivity index (χ4v) is 13.1. The number of hydrogen-bond acceptors (Lipinski definition) is 5. The van der Waals surface area contributed by atoms with Gasteiger partial charge in [0.15, 0.2) is 13.9 Å². The highest BCUT2D eigenvalue weighted by Crippen LogP contribution is 2.43. The fraction of sp³-hybridized carbons (Fsp3) is 0.300. The van der Waals surface area contributed by atoms with E-state index in [1.165, 1.54) is 5.56 Å². The van der Waals surface area contributed by atoms with E-state index in [9.17, 15) is 0 Å². The van der Waals surface area contributed by atoms with E-state index < -0.39 is 8.24 Å². The van der Waals surface area contributed by atoms with E-state index in [1.807, 2.05) is 48.8 Å². The van der Waals surface area contributed by atoms with E-state index in [2.05, 4.69) is 70.3 Å². The molecule has 0 fully saturated rings. The van der Waals surface area contributed by atoms with Crippen LogP contribution in [-0.4, -0.2) is 22.2 Å². The van der Waals surface area contributed by atoms with E-state index in [1.54, 1.807) is 17.3 Å². The molecule has 0 aliphatic rings. The normalized spacial score (nSPS) is 12.3. The monoisotopic (exact) mass is 545 g/mol. The van der Waals surface area contributed by atoms with Crippen molar-refractivity contribution in [3.05, 3.63) is 85.8 Å². The molecule has 0 N–H and O–H groups in total. The Morgan fingerprint density at radius 3 is 2.26 bits per heavy atom. The number of pyridine rings is 1. The summed E-state index contributed by atoms with van der Waals surface area (Å²) in [6, 6.07) is 16.2. The molecule has 0 spiro atoms. The Balaban J connectivity index is 1.51. The molecule has 198 valence electrons. The van der Waals surface area contributed by atoms with Gasteiger partial charge in [0.1, 0.15) is 0 Å². The summed E-state index contributed by atoms with van der Waals surface area (Å²) in [5, 5.41) is 0.963. The first-order valence-corrected chi connectivity index (χ1v) is 16.0. The predicted octanol–water partition coefficient (Wildman–Crippen LogP) is 8.86. The van der Waals surface area contributed by atoms with Crippen molar-refractivity contribution in [3.8, 4) is 22.3 Å². The number of rotatable bonds is 10. The van der Waals surface area contributed by atoms with Crippen molar-refractivity contribution in [3.63, 3.8) is 0 Å². The Labute approximate surface area is 229 Å². The quantitative estimate of drug-likeness (QED) is 0.0759. The molecular weight excluding hydrogens is 511 g/mol. The Morgan fingerprint density at radius 2 is 1.61 bits per heavy atom. The Morgan fingerprint density at radius 1 is 0.868 bits per heavy atom. The van der Waals surface area contributed by atoms with Crippen molar-refractivity contribution in [2.45, 2.75) is 63.1 Å². The van der Waals surface area contributed by atoms with Crippen molar-refractivity contribution < 1.29 is 13.7 Å². The Bertz CT molecular complexity index is 1470. The van der Waals surface area contributed by atoms with Crippen LogP contribution in [0.2, 0.25) is 16.6 Å². The maximum absolute atomic E-state index is 5.66. The first-order chi connectivity index (χ1) is 18.3. The van der Waals surface area contributed by atoms with Crippen molar-refractivity contribution in [2.24, 2.45) is 0 Å². The van der Waals surface area contributed by atoms with E-state index in [0.717, 1.165) is 39.0 Å². The van der Waals surface area contributed by atoms with Crippen LogP contribution in [0.3, 0.4) is 0 Å². The first-order valence-electron chi connectivity index (χ1n) is 13.1. The van der Waals surface area contributed by atoms with Gasteiger partial charge in [0, 0.05) is 44.9 Å². The van der Waals surface area contributed by atoms with Crippen LogP contribution < -0.4 is 4.99 Å². The third-order valence-electron chi connectivity index (χ3n) is 7.68. The molecule has 5 rings (SSSR count). The first kappa shape index (κ1) is 26.4. The van der Waals surface area contributed by atoms with E-state index in [4.69, 9.17) is 18.7 Å².